The minimum Gasteiger partial charge on any atom is -0.299 e. The summed E-state index contributed by atoms with van der Waals surface area (Å²) in [4.78, 5) is 11.7. The molecule has 0 N–H and O–H groups in total. The summed E-state index contributed by atoms with van der Waals surface area (Å²) in [5, 5.41) is 8.45. The van der Waals surface area contributed by atoms with Crippen molar-refractivity contribution in [1.29, 1.82) is 0 Å². The molecule has 1 aromatic carbocycles. The number of hydrogen-bond acceptors (Lipinski definition) is 4. The Morgan fingerprint density at radius 3 is 2.68 bits per heavy atom. The van der Waals surface area contributed by atoms with Gasteiger partial charge in [0.15, 0.2) is 0 Å². The second kappa shape index (κ2) is 7.79. The van der Waals surface area contributed by atoms with E-state index in [2.05, 4.69) is 34.5 Å². The molecule has 0 unspecified atom stereocenters. The molecule has 0 saturated heterocycles. The minimum absolute atomic E-state index is 0.275. The van der Waals surface area contributed by atoms with Crippen molar-refractivity contribution in [3.05, 3.63) is 46.4 Å². The molecule has 0 fully saturated rings. The molecule has 0 aliphatic carbocycles. The van der Waals surface area contributed by atoms with Crippen LogP contribution in [0.25, 0.3) is 0 Å². The van der Waals surface area contributed by atoms with Gasteiger partial charge in [-0.05, 0) is 24.8 Å². The monoisotopic (exact) mass is 274 g/mol. The Morgan fingerprint density at radius 1 is 1.11 bits per heavy atom. The number of benzene rings is 1. The molecular formula is C15H18N2OS. The second-order valence-electron chi connectivity index (χ2n) is 4.59. The number of carbonyl (C=O) groups excluding carboxylic acids is 1. The molecule has 0 spiro atoms. The highest BCUT2D eigenvalue weighted by molar-refractivity contribution is 7.09. The Kier molecular flexibility index (Phi) is 5.69. The van der Waals surface area contributed by atoms with Crippen molar-refractivity contribution in [1.82, 2.24) is 10.2 Å². The van der Waals surface area contributed by atoms with Gasteiger partial charge in [0, 0.05) is 6.42 Å². The van der Waals surface area contributed by atoms with Crippen LogP contribution in [0.3, 0.4) is 0 Å². The van der Waals surface area contributed by atoms with Gasteiger partial charge in [0.05, 0.1) is 6.42 Å². The van der Waals surface area contributed by atoms with Crippen LogP contribution < -0.4 is 0 Å². The molecule has 0 radical (unpaired) electrons. The van der Waals surface area contributed by atoms with Gasteiger partial charge in [-0.25, -0.2) is 0 Å². The third-order valence-electron chi connectivity index (χ3n) is 3.02. The highest BCUT2D eigenvalue weighted by Gasteiger charge is 2.06. The van der Waals surface area contributed by atoms with Crippen molar-refractivity contribution in [3.8, 4) is 0 Å². The quantitative estimate of drug-likeness (QED) is 0.692. The molecule has 3 nitrogen and oxygen atoms in total. The predicted octanol–water partition coefficient (Wildman–Crippen LogP) is 3.45. The summed E-state index contributed by atoms with van der Waals surface area (Å²) in [7, 11) is 0. The smallest absolute Gasteiger partial charge is 0.139 e. The summed E-state index contributed by atoms with van der Waals surface area (Å²) in [5.41, 5.74) is 3.05. The molecule has 0 aliphatic heterocycles. The van der Waals surface area contributed by atoms with Crippen LogP contribution in [0.15, 0.2) is 35.8 Å². The average Bonchev–Trinajstić information content (AvgIpc) is 2.92. The Hall–Kier alpha value is -1.55. The molecule has 2 rings (SSSR count). The molecule has 1 aromatic heterocycles. The van der Waals surface area contributed by atoms with Gasteiger partial charge < -0.3 is 0 Å². The van der Waals surface area contributed by atoms with Crippen LogP contribution >= 0.6 is 11.3 Å². The van der Waals surface area contributed by atoms with E-state index in [0.717, 1.165) is 30.7 Å². The highest BCUT2D eigenvalue weighted by Crippen LogP contribution is 2.10. The van der Waals surface area contributed by atoms with Gasteiger partial charge in [0.25, 0.3) is 0 Å². The van der Waals surface area contributed by atoms with Crippen LogP contribution in [-0.2, 0) is 17.6 Å². The number of aromatic nitrogens is 2. The van der Waals surface area contributed by atoms with Crippen LogP contribution in [0, 0.1) is 0 Å². The number of ketones is 1. The Labute approximate surface area is 117 Å². The summed E-state index contributed by atoms with van der Waals surface area (Å²) in [6.45, 7) is 0. The van der Waals surface area contributed by atoms with E-state index in [4.69, 9.17) is 0 Å². The van der Waals surface area contributed by atoms with E-state index >= 15 is 0 Å². The van der Waals surface area contributed by atoms with E-state index in [1.165, 1.54) is 16.9 Å². The zero-order valence-electron chi connectivity index (χ0n) is 10.9. The van der Waals surface area contributed by atoms with Crippen LogP contribution in [-0.4, -0.2) is 16.0 Å². The lowest BCUT2D eigenvalue weighted by molar-refractivity contribution is -0.118. The van der Waals surface area contributed by atoms with E-state index in [1.807, 2.05) is 6.07 Å². The molecule has 1 heterocycles. The average molecular weight is 274 g/mol. The number of Topliss-reactive ketones (excluding diaryl/α,β-unsaturated/α-hetero) is 1. The summed E-state index contributed by atoms with van der Waals surface area (Å²) in [6, 6.07) is 10.5. The van der Waals surface area contributed by atoms with Gasteiger partial charge in [0.2, 0.25) is 0 Å². The maximum atomic E-state index is 11.7. The van der Waals surface area contributed by atoms with Crippen LogP contribution in [0.5, 0.6) is 0 Å². The largest absolute Gasteiger partial charge is 0.299 e. The van der Waals surface area contributed by atoms with Gasteiger partial charge in [-0.2, -0.15) is 0 Å². The Morgan fingerprint density at radius 2 is 1.95 bits per heavy atom. The predicted molar refractivity (Wildman–Crippen MR) is 77.2 cm³/mol. The summed E-state index contributed by atoms with van der Waals surface area (Å²) >= 11 is 1.45. The molecule has 0 atom stereocenters. The van der Waals surface area contributed by atoms with E-state index < -0.39 is 0 Å². The summed E-state index contributed by atoms with van der Waals surface area (Å²) in [5.74, 6) is 0.275. The topological polar surface area (TPSA) is 42.9 Å². The van der Waals surface area contributed by atoms with Crippen LogP contribution in [0.1, 0.15) is 36.3 Å². The first-order valence-corrected chi connectivity index (χ1v) is 7.53. The maximum Gasteiger partial charge on any atom is 0.139 e. The number of rotatable bonds is 8. The van der Waals surface area contributed by atoms with E-state index in [9.17, 15) is 4.79 Å². The zero-order chi connectivity index (χ0) is 13.3. The van der Waals surface area contributed by atoms with Crippen molar-refractivity contribution in [2.24, 2.45) is 0 Å². The van der Waals surface area contributed by atoms with Gasteiger partial charge in [-0.15, -0.1) is 21.5 Å². The Bertz CT molecular complexity index is 482. The molecule has 100 valence electrons. The van der Waals surface area contributed by atoms with Crippen molar-refractivity contribution in [3.63, 3.8) is 0 Å². The lowest BCUT2D eigenvalue weighted by Gasteiger charge is -2.01. The molecular weight excluding hydrogens is 256 g/mol. The van der Waals surface area contributed by atoms with Crippen molar-refractivity contribution < 1.29 is 4.79 Å². The molecule has 0 aliphatic rings. The molecule has 19 heavy (non-hydrogen) atoms. The van der Waals surface area contributed by atoms with Crippen molar-refractivity contribution in [2.45, 2.75) is 38.5 Å². The van der Waals surface area contributed by atoms with Crippen LogP contribution in [0.2, 0.25) is 0 Å². The second-order valence-corrected chi connectivity index (χ2v) is 5.51. The molecule has 2 aromatic rings. The number of nitrogens with zero attached hydrogens (tertiary/aromatic N) is 2. The third-order valence-corrected chi connectivity index (χ3v) is 3.72. The van der Waals surface area contributed by atoms with Crippen molar-refractivity contribution in [2.75, 3.05) is 0 Å². The zero-order valence-corrected chi connectivity index (χ0v) is 11.7. The van der Waals surface area contributed by atoms with Gasteiger partial charge in [-0.3, -0.25) is 4.79 Å². The van der Waals surface area contributed by atoms with Crippen LogP contribution in [0.4, 0.5) is 0 Å². The molecule has 0 bridgehead atoms. The minimum atomic E-state index is 0.275. The summed E-state index contributed by atoms with van der Waals surface area (Å²) < 4.78 is 0. The van der Waals surface area contributed by atoms with Crippen molar-refractivity contribution >= 4 is 17.1 Å². The third kappa shape index (κ3) is 5.30. The fourth-order valence-electron chi connectivity index (χ4n) is 2.00. The lowest BCUT2D eigenvalue weighted by atomic mass is 10.0. The number of unbranched alkanes of at least 4 members (excludes halogenated alkanes) is 2. The van der Waals surface area contributed by atoms with E-state index in [1.54, 1.807) is 5.51 Å². The number of aryl methyl sites for hydroxylation is 1. The number of carbonyl (C=O) groups is 1. The van der Waals surface area contributed by atoms with E-state index in [-0.39, 0.29) is 5.78 Å². The number of hydrogen-bond donors (Lipinski definition) is 0. The molecule has 0 amide bonds. The maximum absolute atomic E-state index is 11.7. The lowest BCUT2D eigenvalue weighted by Crippen LogP contribution is -2.02. The fraction of sp³-hybridized carbons (Fsp3) is 0.400. The molecule has 4 heteroatoms. The summed E-state index contributed by atoms with van der Waals surface area (Å²) in [6.07, 6.45) is 5.44. The Balaban J connectivity index is 1.56. The first-order chi connectivity index (χ1) is 9.34. The normalized spacial score (nSPS) is 10.5. The van der Waals surface area contributed by atoms with Gasteiger partial charge in [0.1, 0.15) is 16.3 Å². The van der Waals surface area contributed by atoms with Gasteiger partial charge >= 0.3 is 0 Å². The first-order valence-electron chi connectivity index (χ1n) is 6.65. The van der Waals surface area contributed by atoms with Gasteiger partial charge in [-0.1, -0.05) is 36.8 Å². The SMILES string of the molecule is O=C(CCCCCc1ccccc1)Cc1nncs1. The first kappa shape index (κ1) is 13.9. The fourth-order valence-corrected chi connectivity index (χ4v) is 2.56. The highest BCUT2D eigenvalue weighted by atomic mass is 32.1. The van der Waals surface area contributed by atoms with E-state index in [0.29, 0.717) is 12.8 Å². The molecule has 0 saturated carbocycles. The standard InChI is InChI=1S/C15H18N2OS/c18-14(11-15-17-16-12-19-15)10-6-2-5-9-13-7-3-1-4-8-13/h1,3-4,7-8,12H,2,5-6,9-11H2.